The molecule has 2 aromatic carbocycles. The molecule has 0 heterocycles. The van der Waals surface area contributed by atoms with E-state index in [4.69, 9.17) is 11.6 Å². The van der Waals surface area contributed by atoms with Crippen molar-refractivity contribution >= 4 is 27.5 Å². The van der Waals surface area contributed by atoms with E-state index in [9.17, 15) is 5.11 Å². The normalized spacial score (nSPS) is 12.5. The Morgan fingerprint density at radius 2 is 1.74 bits per heavy atom. The fourth-order valence-corrected chi connectivity index (χ4v) is 2.70. The number of halogens is 2. The van der Waals surface area contributed by atoms with Crippen LogP contribution < -0.4 is 0 Å². The number of aryl methyl sites for hydroxylation is 2. The Kier molecular flexibility index (Phi) is 4.67. The summed E-state index contributed by atoms with van der Waals surface area (Å²) in [6.07, 6.45) is 0.104. The first-order chi connectivity index (χ1) is 8.97. The standard InChI is InChI=1S/C16H16BrClO/c1-10-8-15(17)11(2)7-14(10)16(19)9-12-3-5-13(18)6-4-12/h3-8,16,19H,9H2,1-2H3. The largest absolute Gasteiger partial charge is 0.388 e. The van der Waals surface area contributed by atoms with Crippen LogP contribution in [-0.4, -0.2) is 5.11 Å². The molecule has 0 aliphatic carbocycles. The highest BCUT2D eigenvalue weighted by Gasteiger charge is 2.13. The van der Waals surface area contributed by atoms with Crippen molar-refractivity contribution in [3.8, 4) is 0 Å². The summed E-state index contributed by atoms with van der Waals surface area (Å²) in [5, 5.41) is 11.1. The van der Waals surface area contributed by atoms with Gasteiger partial charge in [0.25, 0.3) is 0 Å². The quantitative estimate of drug-likeness (QED) is 0.834. The lowest BCUT2D eigenvalue weighted by molar-refractivity contribution is 0.177. The topological polar surface area (TPSA) is 20.2 Å². The number of aliphatic hydroxyl groups is 1. The van der Waals surface area contributed by atoms with Crippen LogP contribution in [0.25, 0.3) is 0 Å². The van der Waals surface area contributed by atoms with Gasteiger partial charge in [-0.05, 0) is 54.3 Å². The first kappa shape index (κ1) is 14.6. The van der Waals surface area contributed by atoms with Crippen molar-refractivity contribution in [1.82, 2.24) is 0 Å². The second-order valence-electron chi connectivity index (χ2n) is 4.80. The highest BCUT2D eigenvalue weighted by Crippen LogP contribution is 2.27. The molecule has 0 radical (unpaired) electrons. The third-order valence-corrected chi connectivity index (χ3v) is 4.35. The lowest BCUT2D eigenvalue weighted by Gasteiger charge is -2.15. The third kappa shape index (κ3) is 3.59. The summed E-state index contributed by atoms with van der Waals surface area (Å²) < 4.78 is 1.08. The van der Waals surface area contributed by atoms with Crippen molar-refractivity contribution in [3.63, 3.8) is 0 Å². The van der Waals surface area contributed by atoms with Gasteiger partial charge in [0.15, 0.2) is 0 Å². The van der Waals surface area contributed by atoms with Gasteiger partial charge in [-0.25, -0.2) is 0 Å². The summed E-state index contributed by atoms with van der Waals surface area (Å²) >= 11 is 9.37. The molecule has 0 aliphatic heterocycles. The molecule has 0 bridgehead atoms. The van der Waals surface area contributed by atoms with E-state index in [1.807, 2.05) is 44.2 Å². The highest BCUT2D eigenvalue weighted by molar-refractivity contribution is 9.10. The second-order valence-corrected chi connectivity index (χ2v) is 6.10. The molecule has 0 amide bonds. The minimum atomic E-state index is -0.493. The molecule has 100 valence electrons. The SMILES string of the molecule is Cc1cc(C(O)Cc2ccc(Cl)cc2)c(C)cc1Br. The van der Waals surface area contributed by atoms with E-state index in [1.165, 1.54) is 0 Å². The summed E-state index contributed by atoms with van der Waals surface area (Å²) in [6.45, 7) is 4.05. The van der Waals surface area contributed by atoms with Gasteiger partial charge in [0.05, 0.1) is 6.10 Å². The van der Waals surface area contributed by atoms with Gasteiger partial charge in [-0.2, -0.15) is 0 Å². The summed E-state index contributed by atoms with van der Waals surface area (Å²) in [7, 11) is 0. The van der Waals surface area contributed by atoms with Crippen LogP contribution in [0.1, 0.15) is 28.4 Å². The number of rotatable bonds is 3. The zero-order chi connectivity index (χ0) is 14.0. The van der Waals surface area contributed by atoms with Gasteiger partial charge in [0, 0.05) is 15.9 Å². The Balaban J connectivity index is 2.22. The lowest BCUT2D eigenvalue weighted by atomic mass is 9.96. The van der Waals surface area contributed by atoms with Crippen LogP contribution in [0.15, 0.2) is 40.9 Å². The Morgan fingerprint density at radius 1 is 1.11 bits per heavy atom. The van der Waals surface area contributed by atoms with Gasteiger partial charge in [0.1, 0.15) is 0 Å². The Labute approximate surface area is 127 Å². The molecule has 2 rings (SSSR count). The molecule has 3 heteroatoms. The second kappa shape index (κ2) is 6.08. The third-order valence-electron chi connectivity index (χ3n) is 3.25. The fourth-order valence-electron chi connectivity index (χ4n) is 2.12. The van der Waals surface area contributed by atoms with E-state index in [0.717, 1.165) is 26.7 Å². The monoisotopic (exact) mass is 338 g/mol. The van der Waals surface area contributed by atoms with Crippen molar-refractivity contribution in [1.29, 1.82) is 0 Å². The number of hydrogen-bond acceptors (Lipinski definition) is 1. The van der Waals surface area contributed by atoms with Crippen LogP contribution in [-0.2, 0) is 6.42 Å². The molecule has 1 nitrogen and oxygen atoms in total. The molecule has 0 aromatic heterocycles. The van der Waals surface area contributed by atoms with E-state index in [-0.39, 0.29) is 0 Å². The number of hydrogen-bond donors (Lipinski definition) is 1. The Hall–Kier alpha value is -0.830. The molecular weight excluding hydrogens is 324 g/mol. The zero-order valence-corrected chi connectivity index (χ0v) is 13.3. The van der Waals surface area contributed by atoms with Crippen LogP contribution in [0.2, 0.25) is 5.02 Å². The van der Waals surface area contributed by atoms with Crippen LogP contribution in [0.5, 0.6) is 0 Å². The molecule has 1 N–H and O–H groups in total. The number of aliphatic hydroxyl groups excluding tert-OH is 1. The van der Waals surface area contributed by atoms with E-state index in [1.54, 1.807) is 0 Å². The van der Waals surface area contributed by atoms with E-state index < -0.39 is 6.10 Å². The van der Waals surface area contributed by atoms with Crippen LogP contribution in [0.3, 0.4) is 0 Å². The molecule has 0 fully saturated rings. The smallest absolute Gasteiger partial charge is 0.0833 e. The summed E-state index contributed by atoms with van der Waals surface area (Å²) in [6, 6.07) is 11.7. The fraction of sp³-hybridized carbons (Fsp3) is 0.250. The molecular formula is C16H16BrClO. The van der Waals surface area contributed by atoms with Crippen LogP contribution >= 0.6 is 27.5 Å². The van der Waals surface area contributed by atoms with E-state index >= 15 is 0 Å². The maximum atomic E-state index is 10.4. The van der Waals surface area contributed by atoms with Gasteiger partial charge >= 0.3 is 0 Å². The molecule has 19 heavy (non-hydrogen) atoms. The maximum Gasteiger partial charge on any atom is 0.0833 e. The van der Waals surface area contributed by atoms with E-state index in [2.05, 4.69) is 22.0 Å². The van der Waals surface area contributed by atoms with Crippen molar-refractivity contribution in [2.24, 2.45) is 0 Å². The van der Waals surface area contributed by atoms with Gasteiger partial charge in [-0.15, -0.1) is 0 Å². The van der Waals surface area contributed by atoms with E-state index in [0.29, 0.717) is 11.4 Å². The first-order valence-electron chi connectivity index (χ1n) is 6.16. The van der Waals surface area contributed by atoms with Crippen molar-refractivity contribution in [3.05, 3.63) is 68.1 Å². The summed E-state index contributed by atoms with van der Waals surface area (Å²) in [4.78, 5) is 0. The number of benzene rings is 2. The average molecular weight is 340 g/mol. The van der Waals surface area contributed by atoms with Crippen LogP contribution in [0.4, 0.5) is 0 Å². The average Bonchev–Trinajstić information content (AvgIpc) is 2.36. The lowest BCUT2D eigenvalue weighted by Crippen LogP contribution is -2.04. The highest BCUT2D eigenvalue weighted by atomic mass is 79.9. The Morgan fingerprint density at radius 3 is 2.37 bits per heavy atom. The Bertz CT molecular complexity index is 578. The molecule has 0 aliphatic rings. The zero-order valence-electron chi connectivity index (χ0n) is 11.0. The predicted octanol–water partition coefficient (Wildman–Crippen LogP) is 5.00. The summed E-state index contributed by atoms with van der Waals surface area (Å²) in [5.41, 5.74) is 4.29. The minimum absolute atomic E-state index is 0.493. The molecule has 0 saturated carbocycles. The molecule has 2 aromatic rings. The van der Waals surface area contributed by atoms with Gasteiger partial charge in [-0.3, -0.25) is 0 Å². The van der Waals surface area contributed by atoms with Crippen molar-refractivity contribution in [2.75, 3.05) is 0 Å². The molecule has 0 spiro atoms. The van der Waals surface area contributed by atoms with Crippen LogP contribution in [0, 0.1) is 13.8 Å². The van der Waals surface area contributed by atoms with Crippen molar-refractivity contribution in [2.45, 2.75) is 26.4 Å². The maximum absolute atomic E-state index is 10.4. The predicted molar refractivity (Wildman–Crippen MR) is 83.7 cm³/mol. The van der Waals surface area contributed by atoms with Gasteiger partial charge in [-0.1, -0.05) is 45.7 Å². The molecule has 0 saturated heterocycles. The molecule has 1 unspecified atom stereocenters. The minimum Gasteiger partial charge on any atom is -0.388 e. The van der Waals surface area contributed by atoms with Gasteiger partial charge < -0.3 is 5.11 Å². The molecule has 1 atom stereocenters. The van der Waals surface area contributed by atoms with Crippen molar-refractivity contribution < 1.29 is 5.11 Å². The first-order valence-corrected chi connectivity index (χ1v) is 7.33. The summed E-state index contributed by atoms with van der Waals surface area (Å²) in [5.74, 6) is 0. The van der Waals surface area contributed by atoms with Gasteiger partial charge in [0.2, 0.25) is 0 Å².